The molecule has 1 nitrogen and oxygen atoms in total. The molecule has 0 unspecified atom stereocenters. The number of aliphatic hydroxyl groups excluding tert-OH is 1. The van der Waals surface area contributed by atoms with Gasteiger partial charge in [-0.2, -0.15) is 0 Å². The van der Waals surface area contributed by atoms with Gasteiger partial charge in [0, 0.05) is 11.5 Å². The third kappa shape index (κ3) is 4.77. The summed E-state index contributed by atoms with van der Waals surface area (Å²) in [5, 5.41) is 11.0. The van der Waals surface area contributed by atoms with Crippen molar-refractivity contribution in [2.75, 3.05) is 6.61 Å². The van der Waals surface area contributed by atoms with Crippen molar-refractivity contribution in [1.82, 2.24) is 0 Å². The van der Waals surface area contributed by atoms with E-state index in [2.05, 4.69) is 43.5 Å². The van der Waals surface area contributed by atoms with Crippen molar-refractivity contribution < 1.29 is 5.11 Å². The van der Waals surface area contributed by atoms with Crippen molar-refractivity contribution in [2.24, 2.45) is 0 Å². The van der Waals surface area contributed by atoms with Gasteiger partial charge in [-0.05, 0) is 50.1 Å². The van der Waals surface area contributed by atoms with Gasteiger partial charge in [0.1, 0.15) is 0 Å². The van der Waals surface area contributed by atoms with Gasteiger partial charge in [-0.3, -0.25) is 0 Å². The third-order valence-corrected chi connectivity index (χ3v) is 3.27. The molecule has 0 aromatic carbocycles. The van der Waals surface area contributed by atoms with Crippen molar-refractivity contribution in [3.63, 3.8) is 0 Å². The van der Waals surface area contributed by atoms with E-state index in [0.29, 0.717) is 0 Å². The van der Waals surface area contributed by atoms with Gasteiger partial charge in [0.05, 0.1) is 0 Å². The van der Waals surface area contributed by atoms with Gasteiger partial charge in [-0.15, -0.1) is 11.3 Å². The van der Waals surface area contributed by atoms with Gasteiger partial charge < -0.3 is 5.11 Å². The molecule has 1 aromatic rings. The Bertz CT molecular complexity index is 343. The second kappa shape index (κ2) is 7.42. The summed E-state index contributed by atoms with van der Waals surface area (Å²) in [6.45, 7) is 4.49. The van der Waals surface area contributed by atoms with Crippen LogP contribution in [0.15, 0.2) is 35.2 Å². The van der Waals surface area contributed by atoms with Crippen LogP contribution in [0.5, 0.6) is 0 Å². The zero-order chi connectivity index (χ0) is 11.8. The molecule has 1 rings (SSSR count). The van der Waals surface area contributed by atoms with Gasteiger partial charge in [-0.1, -0.05) is 23.8 Å². The van der Waals surface area contributed by atoms with Crippen molar-refractivity contribution in [3.05, 3.63) is 40.1 Å². The highest BCUT2D eigenvalue weighted by Gasteiger charge is 2.01. The molecular formula is C14H20OS. The summed E-state index contributed by atoms with van der Waals surface area (Å²) in [6.07, 6.45) is 7.32. The van der Waals surface area contributed by atoms with Crippen LogP contribution in [0.25, 0.3) is 5.57 Å². The minimum atomic E-state index is 0.234. The molecule has 0 spiro atoms. The van der Waals surface area contributed by atoms with Crippen LogP contribution in [0.2, 0.25) is 0 Å². The highest BCUT2D eigenvalue weighted by atomic mass is 32.1. The molecule has 0 aliphatic rings. The summed E-state index contributed by atoms with van der Waals surface area (Å²) >= 11 is 1.77. The zero-order valence-corrected chi connectivity index (χ0v) is 10.9. The molecular weight excluding hydrogens is 216 g/mol. The Morgan fingerprint density at radius 2 is 2.12 bits per heavy atom. The predicted octanol–water partition coefficient (Wildman–Crippen LogP) is 4.26. The SMILES string of the molecule is CC(C)=CCC/C(=C/CCO)c1cccs1. The molecule has 0 saturated carbocycles. The Morgan fingerprint density at radius 3 is 2.69 bits per heavy atom. The first-order chi connectivity index (χ1) is 7.74. The van der Waals surface area contributed by atoms with E-state index in [1.165, 1.54) is 16.0 Å². The van der Waals surface area contributed by atoms with Gasteiger partial charge in [0.25, 0.3) is 0 Å². The maximum Gasteiger partial charge on any atom is 0.0465 e. The van der Waals surface area contributed by atoms with Gasteiger partial charge in [0.2, 0.25) is 0 Å². The lowest BCUT2D eigenvalue weighted by molar-refractivity contribution is 0.302. The number of allylic oxidation sites excluding steroid dienone is 3. The summed E-state index contributed by atoms with van der Waals surface area (Å²) < 4.78 is 0. The maximum atomic E-state index is 8.87. The van der Waals surface area contributed by atoms with E-state index in [4.69, 9.17) is 5.11 Å². The Labute approximate surface area is 102 Å². The van der Waals surface area contributed by atoms with E-state index >= 15 is 0 Å². The number of hydrogen-bond donors (Lipinski definition) is 1. The molecule has 0 amide bonds. The van der Waals surface area contributed by atoms with E-state index in [1.54, 1.807) is 11.3 Å². The lowest BCUT2D eigenvalue weighted by Gasteiger charge is -2.03. The minimum absolute atomic E-state index is 0.234. The van der Waals surface area contributed by atoms with Gasteiger partial charge in [-0.25, -0.2) is 0 Å². The van der Waals surface area contributed by atoms with Crippen LogP contribution in [0.4, 0.5) is 0 Å². The fraction of sp³-hybridized carbons (Fsp3) is 0.429. The normalized spacial score (nSPS) is 11.6. The molecule has 1 N–H and O–H groups in total. The molecule has 0 atom stereocenters. The van der Waals surface area contributed by atoms with E-state index in [9.17, 15) is 0 Å². The zero-order valence-electron chi connectivity index (χ0n) is 10.1. The first kappa shape index (κ1) is 13.2. The lowest BCUT2D eigenvalue weighted by atomic mass is 10.1. The number of hydrogen-bond acceptors (Lipinski definition) is 2. The summed E-state index contributed by atoms with van der Waals surface area (Å²) in [4.78, 5) is 1.33. The first-order valence-corrected chi connectivity index (χ1v) is 6.59. The standard InChI is InChI=1S/C14H20OS/c1-12(2)6-3-7-13(8-4-10-15)14-9-5-11-16-14/h5-6,8-9,11,15H,3-4,7,10H2,1-2H3/b13-8-. The maximum absolute atomic E-state index is 8.87. The summed E-state index contributed by atoms with van der Waals surface area (Å²) in [5.74, 6) is 0. The second-order valence-corrected chi connectivity index (χ2v) is 4.99. The number of thiophene rings is 1. The monoisotopic (exact) mass is 236 g/mol. The fourth-order valence-corrected chi connectivity index (χ4v) is 2.34. The fourth-order valence-electron chi connectivity index (χ4n) is 1.54. The average Bonchev–Trinajstić information content (AvgIpc) is 2.75. The van der Waals surface area contributed by atoms with Crippen molar-refractivity contribution >= 4 is 16.9 Å². The lowest BCUT2D eigenvalue weighted by Crippen LogP contribution is -1.84. The van der Waals surface area contributed by atoms with Crippen molar-refractivity contribution in [1.29, 1.82) is 0 Å². The largest absolute Gasteiger partial charge is 0.396 e. The molecule has 0 radical (unpaired) electrons. The van der Waals surface area contributed by atoms with Gasteiger partial charge >= 0.3 is 0 Å². The molecule has 0 saturated heterocycles. The molecule has 0 aliphatic carbocycles. The summed E-state index contributed by atoms with van der Waals surface area (Å²) in [7, 11) is 0. The summed E-state index contributed by atoms with van der Waals surface area (Å²) in [6, 6.07) is 4.23. The molecule has 0 fully saturated rings. The number of rotatable bonds is 6. The van der Waals surface area contributed by atoms with Crippen LogP contribution in [0, 0.1) is 0 Å². The number of aliphatic hydroxyl groups is 1. The quantitative estimate of drug-likeness (QED) is 0.732. The Morgan fingerprint density at radius 1 is 1.31 bits per heavy atom. The van der Waals surface area contributed by atoms with Crippen molar-refractivity contribution in [3.8, 4) is 0 Å². The molecule has 16 heavy (non-hydrogen) atoms. The van der Waals surface area contributed by atoms with Crippen LogP contribution in [-0.2, 0) is 0 Å². The van der Waals surface area contributed by atoms with Gasteiger partial charge in [0.15, 0.2) is 0 Å². The molecule has 88 valence electrons. The molecule has 0 bridgehead atoms. The van der Waals surface area contributed by atoms with E-state index in [0.717, 1.165) is 19.3 Å². The highest BCUT2D eigenvalue weighted by molar-refractivity contribution is 7.11. The van der Waals surface area contributed by atoms with E-state index in [1.807, 2.05) is 0 Å². The predicted molar refractivity (Wildman–Crippen MR) is 72.7 cm³/mol. The smallest absolute Gasteiger partial charge is 0.0465 e. The Balaban J connectivity index is 2.62. The Hall–Kier alpha value is -0.860. The van der Waals surface area contributed by atoms with Crippen LogP contribution >= 0.6 is 11.3 Å². The Kier molecular flexibility index (Phi) is 6.12. The topological polar surface area (TPSA) is 20.2 Å². The van der Waals surface area contributed by atoms with Crippen molar-refractivity contribution in [2.45, 2.75) is 33.1 Å². The average molecular weight is 236 g/mol. The van der Waals surface area contributed by atoms with Crippen LogP contribution in [-0.4, -0.2) is 11.7 Å². The molecule has 1 heterocycles. The van der Waals surface area contributed by atoms with Crippen LogP contribution in [0.3, 0.4) is 0 Å². The first-order valence-electron chi connectivity index (χ1n) is 5.71. The minimum Gasteiger partial charge on any atom is -0.396 e. The molecule has 0 aliphatic heterocycles. The summed E-state index contributed by atoms with van der Waals surface area (Å²) in [5.41, 5.74) is 2.73. The molecule has 1 aromatic heterocycles. The van der Waals surface area contributed by atoms with Crippen LogP contribution < -0.4 is 0 Å². The second-order valence-electron chi connectivity index (χ2n) is 4.04. The third-order valence-electron chi connectivity index (χ3n) is 2.32. The van der Waals surface area contributed by atoms with E-state index < -0.39 is 0 Å². The van der Waals surface area contributed by atoms with Crippen LogP contribution in [0.1, 0.15) is 38.0 Å². The molecule has 2 heteroatoms. The highest BCUT2D eigenvalue weighted by Crippen LogP contribution is 2.25. The van der Waals surface area contributed by atoms with E-state index in [-0.39, 0.29) is 6.61 Å².